The molecule has 1 unspecified atom stereocenters. The lowest BCUT2D eigenvalue weighted by atomic mass is 9.99. The van der Waals surface area contributed by atoms with Gasteiger partial charge in [0.2, 0.25) is 0 Å². The summed E-state index contributed by atoms with van der Waals surface area (Å²) in [5.41, 5.74) is 3.83. The number of benzene rings is 2. The van der Waals surface area contributed by atoms with Gasteiger partial charge in [-0.3, -0.25) is 0 Å². The second-order valence-electron chi connectivity index (χ2n) is 5.95. The van der Waals surface area contributed by atoms with Gasteiger partial charge in [-0.25, -0.2) is 0 Å². The number of rotatable bonds is 3. The minimum Gasteiger partial charge on any atom is -0.361 e. The summed E-state index contributed by atoms with van der Waals surface area (Å²) in [4.78, 5) is 7.65. The van der Waals surface area contributed by atoms with E-state index >= 15 is 0 Å². The SMILES string of the molecule is OC1(C(F)(F)Cl)CC(c2ccc(-c3ccc4cc[nH]c4c3)cc2)=NO1. The highest BCUT2D eigenvalue weighted by Crippen LogP contribution is 2.40. The van der Waals surface area contributed by atoms with E-state index in [2.05, 4.69) is 15.0 Å². The van der Waals surface area contributed by atoms with E-state index in [1.54, 1.807) is 12.1 Å². The quantitative estimate of drug-likeness (QED) is 0.675. The third kappa shape index (κ3) is 2.77. The smallest absolute Gasteiger partial charge is 0.361 e. The molecule has 4 rings (SSSR count). The Labute approximate surface area is 146 Å². The van der Waals surface area contributed by atoms with E-state index in [0.717, 1.165) is 22.0 Å². The van der Waals surface area contributed by atoms with Crippen LogP contribution in [0.5, 0.6) is 0 Å². The molecular weight excluding hydrogens is 350 g/mol. The molecule has 1 atom stereocenters. The predicted octanol–water partition coefficient (Wildman–Crippen LogP) is 4.48. The molecule has 3 aromatic rings. The molecule has 0 aliphatic carbocycles. The molecule has 2 N–H and O–H groups in total. The van der Waals surface area contributed by atoms with Gasteiger partial charge in [-0.15, -0.1) is 0 Å². The topological polar surface area (TPSA) is 57.6 Å². The van der Waals surface area contributed by atoms with Crippen molar-refractivity contribution in [1.82, 2.24) is 4.98 Å². The highest BCUT2D eigenvalue weighted by molar-refractivity contribution is 6.22. The number of halogens is 3. The number of alkyl halides is 3. The summed E-state index contributed by atoms with van der Waals surface area (Å²) >= 11 is 4.89. The first kappa shape index (κ1) is 16.1. The second kappa shape index (κ2) is 5.54. The van der Waals surface area contributed by atoms with Gasteiger partial charge in [0.1, 0.15) is 0 Å². The fraction of sp³-hybridized carbons (Fsp3) is 0.167. The Hall–Kier alpha value is -2.44. The Bertz CT molecular complexity index is 963. The van der Waals surface area contributed by atoms with Crippen LogP contribution in [0, 0.1) is 0 Å². The minimum absolute atomic E-state index is 0.217. The molecule has 0 bridgehead atoms. The molecule has 0 amide bonds. The molecule has 4 nitrogen and oxygen atoms in total. The molecule has 1 aliphatic rings. The molecule has 0 saturated heterocycles. The van der Waals surface area contributed by atoms with Crippen molar-refractivity contribution in [3.8, 4) is 11.1 Å². The molecule has 1 aromatic heterocycles. The van der Waals surface area contributed by atoms with Crippen molar-refractivity contribution < 1.29 is 18.7 Å². The van der Waals surface area contributed by atoms with E-state index in [4.69, 9.17) is 11.6 Å². The zero-order valence-electron chi connectivity index (χ0n) is 12.8. The monoisotopic (exact) mass is 362 g/mol. The van der Waals surface area contributed by atoms with Crippen molar-refractivity contribution >= 4 is 28.2 Å². The maximum Gasteiger partial charge on any atom is 0.388 e. The molecule has 2 heterocycles. The van der Waals surface area contributed by atoms with Crippen LogP contribution in [0.4, 0.5) is 8.78 Å². The summed E-state index contributed by atoms with van der Waals surface area (Å²) in [6, 6.07) is 15.3. The van der Waals surface area contributed by atoms with E-state index in [9.17, 15) is 13.9 Å². The lowest BCUT2D eigenvalue weighted by Crippen LogP contribution is -2.44. The summed E-state index contributed by atoms with van der Waals surface area (Å²) in [5.74, 6) is -2.82. The standard InChI is InChI=1S/C18H13ClF2N2O2/c19-18(20,21)17(24)10-16(23-25-17)12-3-1-11(2-4-12)14-6-5-13-7-8-22-15(13)9-14/h1-9,22,24H,10H2. The van der Waals surface area contributed by atoms with Gasteiger partial charge >= 0.3 is 11.2 Å². The fourth-order valence-corrected chi connectivity index (χ4v) is 2.91. The van der Waals surface area contributed by atoms with Crippen LogP contribution in [-0.2, 0) is 4.84 Å². The van der Waals surface area contributed by atoms with Crippen LogP contribution in [0.1, 0.15) is 12.0 Å². The Morgan fingerprint density at radius 3 is 2.44 bits per heavy atom. The summed E-state index contributed by atoms with van der Waals surface area (Å²) in [6.45, 7) is 0. The normalized spacial score (nSPS) is 20.6. The van der Waals surface area contributed by atoms with Gasteiger partial charge < -0.3 is 14.9 Å². The first-order valence-electron chi connectivity index (χ1n) is 7.58. The minimum atomic E-state index is -3.93. The summed E-state index contributed by atoms with van der Waals surface area (Å²) in [7, 11) is 0. The largest absolute Gasteiger partial charge is 0.388 e. The van der Waals surface area contributed by atoms with Crippen molar-refractivity contribution in [2.24, 2.45) is 5.16 Å². The number of aliphatic hydroxyl groups is 1. The molecule has 7 heteroatoms. The van der Waals surface area contributed by atoms with Gasteiger partial charge in [-0.2, -0.15) is 8.78 Å². The van der Waals surface area contributed by atoms with Gasteiger partial charge in [-0.05, 0) is 45.8 Å². The van der Waals surface area contributed by atoms with Crippen LogP contribution in [0.15, 0.2) is 59.9 Å². The van der Waals surface area contributed by atoms with E-state index in [-0.39, 0.29) is 5.71 Å². The Morgan fingerprint density at radius 2 is 1.76 bits per heavy atom. The van der Waals surface area contributed by atoms with Crippen molar-refractivity contribution in [2.75, 3.05) is 0 Å². The predicted molar refractivity (Wildman–Crippen MR) is 91.7 cm³/mol. The zero-order valence-corrected chi connectivity index (χ0v) is 13.6. The number of fused-ring (bicyclic) bond motifs is 1. The number of aromatic amines is 1. The lowest BCUT2D eigenvalue weighted by molar-refractivity contribution is -0.272. The molecule has 25 heavy (non-hydrogen) atoms. The van der Waals surface area contributed by atoms with E-state index in [1.807, 2.05) is 42.6 Å². The van der Waals surface area contributed by atoms with Crippen LogP contribution in [0.2, 0.25) is 0 Å². The van der Waals surface area contributed by atoms with Crippen molar-refractivity contribution in [1.29, 1.82) is 0 Å². The second-order valence-corrected chi connectivity index (χ2v) is 6.42. The van der Waals surface area contributed by atoms with Crippen molar-refractivity contribution in [3.05, 3.63) is 60.3 Å². The molecule has 128 valence electrons. The van der Waals surface area contributed by atoms with E-state index < -0.39 is 17.6 Å². The number of hydrogen-bond donors (Lipinski definition) is 2. The first-order valence-corrected chi connectivity index (χ1v) is 7.96. The molecule has 0 saturated carbocycles. The number of hydrogen-bond acceptors (Lipinski definition) is 3. The van der Waals surface area contributed by atoms with E-state index in [1.165, 1.54) is 0 Å². The Balaban J connectivity index is 1.58. The molecular formula is C18H13ClF2N2O2. The van der Waals surface area contributed by atoms with Crippen LogP contribution < -0.4 is 0 Å². The molecule has 1 aliphatic heterocycles. The number of aromatic nitrogens is 1. The highest BCUT2D eigenvalue weighted by Gasteiger charge is 2.58. The average molecular weight is 363 g/mol. The van der Waals surface area contributed by atoms with Crippen LogP contribution in [0.3, 0.4) is 0 Å². The summed E-state index contributed by atoms with van der Waals surface area (Å²) in [5, 5.41) is 10.5. The number of nitrogens with one attached hydrogen (secondary N) is 1. The molecule has 0 radical (unpaired) electrons. The first-order chi connectivity index (χ1) is 11.9. The van der Waals surface area contributed by atoms with E-state index in [0.29, 0.717) is 5.56 Å². The van der Waals surface area contributed by atoms with Gasteiger partial charge in [-0.1, -0.05) is 41.6 Å². The van der Waals surface area contributed by atoms with Crippen molar-refractivity contribution in [2.45, 2.75) is 17.6 Å². The molecule has 0 fully saturated rings. The Kier molecular flexibility index (Phi) is 3.56. The maximum absolute atomic E-state index is 13.2. The van der Waals surface area contributed by atoms with Crippen LogP contribution in [-0.4, -0.2) is 27.0 Å². The summed E-state index contributed by atoms with van der Waals surface area (Å²) in [6.07, 6.45) is 1.39. The zero-order chi connectivity index (χ0) is 17.7. The van der Waals surface area contributed by atoms with Gasteiger partial charge in [0.15, 0.2) is 0 Å². The maximum atomic E-state index is 13.2. The third-order valence-electron chi connectivity index (χ3n) is 4.26. The number of oxime groups is 1. The number of nitrogens with zero attached hydrogens (tertiary/aromatic N) is 1. The third-order valence-corrected chi connectivity index (χ3v) is 4.56. The highest BCUT2D eigenvalue weighted by atomic mass is 35.5. The molecule has 0 spiro atoms. The van der Waals surface area contributed by atoms with Gasteiger partial charge in [0, 0.05) is 11.7 Å². The average Bonchev–Trinajstić information content (AvgIpc) is 3.21. The van der Waals surface area contributed by atoms with Crippen molar-refractivity contribution in [3.63, 3.8) is 0 Å². The molecule has 2 aromatic carbocycles. The van der Waals surface area contributed by atoms with Crippen LogP contribution in [0.25, 0.3) is 22.0 Å². The number of H-pyrrole nitrogens is 1. The van der Waals surface area contributed by atoms with Gasteiger partial charge in [0.05, 0.1) is 12.1 Å². The lowest BCUT2D eigenvalue weighted by Gasteiger charge is -2.23. The fourth-order valence-electron chi connectivity index (χ4n) is 2.81. The Morgan fingerprint density at radius 1 is 1.08 bits per heavy atom. The van der Waals surface area contributed by atoms with Crippen LogP contribution >= 0.6 is 11.6 Å². The van der Waals surface area contributed by atoms with Gasteiger partial charge in [0.25, 0.3) is 0 Å². The summed E-state index contributed by atoms with van der Waals surface area (Å²) < 4.78 is 26.4.